The molecule has 0 aliphatic rings. The zero-order chi connectivity index (χ0) is 18.0. The SMILES string of the molecule is CCCCOc1cc(NC(=O)OC(C)(C)C)ccc1OCCOC. The van der Waals surface area contributed by atoms with E-state index in [1.165, 1.54) is 0 Å². The quantitative estimate of drug-likeness (QED) is 0.682. The van der Waals surface area contributed by atoms with Gasteiger partial charge < -0.3 is 18.9 Å². The van der Waals surface area contributed by atoms with Gasteiger partial charge in [-0.1, -0.05) is 13.3 Å². The summed E-state index contributed by atoms with van der Waals surface area (Å²) in [4.78, 5) is 11.9. The molecular formula is C18H29NO5. The first kappa shape index (κ1) is 20.1. The molecule has 6 nitrogen and oxygen atoms in total. The van der Waals surface area contributed by atoms with E-state index in [9.17, 15) is 4.79 Å². The summed E-state index contributed by atoms with van der Waals surface area (Å²) in [7, 11) is 1.62. The lowest BCUT2D eigenvalue weighted by Gasteiger charge is -2.20. The van der Waals surface area contributed by atoms with E-state index in [0.717, 1.165) is 12.8 Å². The topological polar surface area (TPSA) is 66.0 Å². The van der Waals surface area contributed by atoms with Gasteiger partial charge in [0.15, 0.2) is 11.5 Å². The lowest BCUT2D eigenvalue weighted by atomic mass is 10.2. The van der Waals surface area contributed by atoms with E-state index in [4.69, 9.17) is 18.9 Å². The third-order valence-corrected chi connectivity index (χ3v) is 2.89. The van der Waals surface area contributed by atoms with Crippen LogP contribution in [0.5, 0.6) is 11.5 Å². The summed E-state index contributed by atoms with van der Waals surface area (Å²) >= 11 is 0. The lowest BCUT2D eigenvalue weighted by molar-refractivity contribution is 0.0636. The fraction of sp³-hybridized carbons (Fsp3) is 0.611. The fourth-order valence-electron chi connectivity index (χ4n) is 1.80. The Morgan fingerprint density at radius 3 is 2.42 bits per heavy atom. The molecule has 0 bridgehead atoms. The van der Waals surface area contributed by atoms with Crippen LogP contribution in [0.25, 0.3) is 0 Å². The van der Waals surface area contributed by atoms with Crippen molar-refractivity contribution in [3.05, 3.63) is 18.2 Å². The number of anilines is 1. The first-order chi connectivity index (χ1) is 11.4. The van der Waals surface area contributed by atoms with Gasteiger partial charge in [-0.25, -0.2) is 4.79 Å². The zero-order valence-corrected chi connectivity index (χ0v) is 15.3. The second kappa shape index (κ2) is 10.0. The Balaban J connectivity index is 2.79. The first-order valence-corrected chi connectivity index (χ1v) is 8.24. The highest BCUT2D eigenvalue weighted by Gasteiger charge is 2.17. The lowest BCUT2D eigenvalue weighted by Crippen LogP contribution is -2.27. The van der Waals surface area contributed by atoms with E-state index >= 15 is 0 Å². The van der Waals surface area contributed by atoms with Gasteiger partial charge in [-0.3, -0.25) is 5.32 Å². The maximum Gasteiger partial charge on any atom is 0.412 e. The highest BCUT2D eigenvalue weighted by molar-refractivity contribution is 5.85. The van der Waals surface area contributed by atoms with Crippen LogP contribution in [0.15, 0.2) is 18.2 Å². The molecule has 6 heteroatoms. The predicted octanol–water partition coefficient (Wildman–Crippen LogP) is 4.24. The van der Waals surface area contributed by atoms with Crippen LogP contribution < -0.4 is 14.8 Å². The maximum atomic E-state index is 11.9. The van der Waals surface area contributed by atoms with Crippen molar-refractivity contribution in [3.63, 3.8) is 0 Å². The van der Waals surface area contributed by atoms with Crippen LogP contribution in [0, 0.1) is 0 Å². The number of amides is 1. The molecule has 0 saturated carbocycles. The summed E-state index contributed by atoms with van der Waals surface area (Å²) in [5, 5.41) is 2.70. The molecule has 0 spiro atoms. The maximum absolute atomic E-state index is 11.9. The first-order valence-electron chi connectivity index (χ1n) is 8.24. The van der Waals surface area contributed by atoms with E-state index in [2.05, 4.69) is 12.2 Å². The Kier molecular flexibility index (Phi) is 8.40. The number of hydrogen-bond donors (Lipinski definition) is 1. The van der Waals surface area contributed by atoms with Crippen LogP contribution in [0.1, 0.15) is 40.5 Å². The minimum absolute atomic E-state index is 0.430. The minimum Gasteiger partial charge on any atom is -0.490 e. The fourth-order valence-corrected chi connectivity index (χ4v) is 1.80. The van der Waals surface area contributed by atoms with E-state index in [0.29, 0.717) is 37.0 Å². The summed E-state index contributed by atoms with van der Waals surface area (Å²) in [6.45, 7) is 9.06. The number of hydrogen-bond acceptors (Lipinski definition) is 5. The van der Waals surface area contributed by atoms with Crippen molar-refractivity contribution < 1.29 is 23.7 Å². The van der Waals surface area contributed by atoms with Crippen LogP contribution in [-0.2, 0) is 9.47 Å². The third kappa shape index (κ3) is 8.06. The Hall–Kier alpha value is -1.95. The normalized spacial score (nSPS) is 11.0. The Morgan fingerprint density at radius 2 is 1.79 bits per heavy atom. The molecule has 0 unspecified atom stereocenters. The zero-order valence-electron chi connectivity index (χ0n) is 15.3. The minimum atomic E-state index is -0.548. The van der Waals surface area contributed by atoms with E-state index in [-0.39, 0.29) is 0 Å². The van der Waals surface area contributed by atoms with Crippen LogP contribution in [0.4, 0.5) is 10.5 Å². The Labute approximate surface area is 144 Å². The van der Waals surface area contributed by atoms with Crippen LogP contribution in [0.3, 0.4) is 0 Å². The Bertz CT molecular complexity index is 511. The number of benzene rings is 1. The molecule has 0 fully saturated rings. The number of ether oxygens (including phenoxy) is 4. The van der Waals surface area contributed by atoms with Crippen molar-refractivity contribution in [3.8, 4) is 11.5 Å². The van der Waals surface area contributed by atoms with E-state index in [1.807, 2.05) is 20.8 Å². The molecule has 1 aromatic rings. The average Bonchev–Trinajstić information content (AvgIpc) is 2.47. The summed E-state index contributed by atoms with van der Waals surface area (Å²) in [6, 6.07) is 5.25. The smallest absolute Gasteiger partial charge is 0.412 e. The summed E-state index contributed by atoms with van der Waals surface area (Å²) in [5.41, 5.74) is 0.0446. The number of unbranched alkanes of at least 4 members (excludes halogenated alkanes) is 1. The number of rotatable bonds is 9. The third-order valence-electron chi connectivity index (χ3n) is 2.89. The van der Waals surface area contributed by atoms with Crippen LogP contribution >= 0.6 is 0 Å². The van der Waals surface area contributed by atoms with Crippen LogP contribution in [0.2, 0.25) is 0 Å². The molecule has 0 saturated heterocycles. The number of carbonyl (C=O) groups excluding carboxylic acids is 1. The standard InChI is InChI=1S/C18H29NO5/c1-6-7-10-22-16-13-14(19-17(20)24-18(2,3)4)8-9-15(16)23-12-11-21-5/h8-9,13H,6-7,10-12H2,1-5H3,(H,19,20). The van der Waals surface area contributed by atoms with E-state index < -0.39 is 11.7 Å². The van der Waals surface area contributed by atoms with Crippen molar-refractivity contribution in [1.82, 2.24) is 0 Å². The molecule has 0 aliphatic carbocycles. The van der Waals surface area contributed by atoms with Crippen LogP contribution in [-0.4, -0.2) is 38.6 Å². The molecule has 0 aliphatic heterocycles. The molecule has 1 aromatic carbocycles. The summed E-state index contributed by atoms with van der Waals surface area (Å²) in [5.74, 6) is 1.21. The van der Waals surface area contributed by atoms with Gasteiger partial charge >= 0.3 is 6.09 Å². The molecule has 0 heterocycles. The average molecular weight is 339 g/mol. The largest absolute Gasteiger partial charge is 0.490 e. The molecule has 0 radical (unpaired) electrons. The number of carbonyl (C=O) groups is 1. The highest BCUT2D eigenvalue weighted by atomic mass is 16.6. The van der Waals surface area contributed by atoms with Crippen molar-refractivity contribution in [2.75, 3.05) is 32.2 Å². The molecule has 1 rings (SSSR count). The second-order valence-corrected chi connectivity index (χ2v) is 6.33. The Morgan fingerprint density at radius 1 is 1.08 bits per heavy atom. The second-order valence-electron chi connectivity index (χ2n) is 6.33. The van der Waals surface area contributed by atoms with Gasteiger partial charge in [-0.2, -0.15) is 0 Å². The molecule has 0 aromatic heterocycles. The molecule has 1 N–H and O–H groups in total. The van der Waals surface area contributed by atoms with E-state index in [1.54, 1.807) is 25.3 Å². The van der Waals surface area contributed by atoms with Gasteiger partial charge in [-0.05, 0) is 39.3 Å². The summed E-state index contributed by atoms with van der Waals surface area (Å²) < 4.78 is 21.7. The van der Waals surface area contributed by atoms with Crippen molar-refractivity contribution in [2.24, 2.45) is 0 Å². The highest BCUT2D eigenvalue weighted by Crippen LogP contribution is 2.31. The molecule has 24 heavy (non-hydrogen) atoms. The van der Waals surface area contributed by atoms with Crippen molar-refractivity contribution in [2.45, 2.75) is 46.1 Å². The molecule has 136 valence electrons. The summed E-state index contributed by atoms with van der Waals surface area (Å²) in [6.07, 6.45) is 1.48. The van der Waals surface area contributed by atoms with Gasteiger partial charge in [0.25, 0.3) is 0 Å². The van der Waals surface area contributed by atoms with Crippen molar-refractivity contribution >= 4 is 11.8 Å². The van der Waals surface area contributed by atoms with Gasteiger partial charge in [-0.15, -0.1) is 0 Å². The van der Waals surface area contributed by atoms with Crippen molar-refractivity contribution in [1.29, 1.82) is 0 Å². The number of nitrogens with one attached hydrogen (secondary N) is 1. The van der Waals surface area contributed by atoms with Gasteiger partial charge in [0.1, 0.15) is 12.2 Å². The molecular weight excluding hydrogens is 310 g/mol. The predicted molar refractivity (Wildman–Crippen MR) is 94.1 cm³/mol. The number of methoxy groups -OCH3 is 1. The molecule has 1 amide bonds. The van der Waals surface area contributed by atoms with Gasteiger partial charge in [0, 0.05) is 18.9 Å². The van der Waals surface area contributed by atoms with Gasteiger partial charge in [0.05, 0.1) is 13.2 Å². The molecule has 0 atom stereocenters. The van der Waals surface area contributed by atoms with Gasteiger partial charge in [0.2, 0.25) is 0 Å². The monoisotopic (exact) mass is 339 g/mol.